The van der Waals surface area contributed by atoms with Crippen LogP contribution in [0.2, 0.25) is 0 Å². The van der Waals surface area contributed by atoms with Gasteiger partial charge in [0, 0.05) is 10.4 Å². The van der Waals surface area contributed by atoms with Gasteiger partial charge in [0.05, 0.1) is 6.54 Å². The lowest BCUT2D eigenvalue weighted by molar-refractivity contribution is -0.143. The second kappa shape index (κ2) is 10.4. The van der Waals surface area contributed by atoms with Crippen LogP contribution in [0.1, 0.15) is 43.0 Å². The Balaban J connectivity index is 1.67. The zero-order valence-corrected chi connectivity index (χ0v) is 21.3. The van der Waals surface area contributed by atoms with Crippen molar-refractivity contribution >= 4 is 23.2 Å². The molecule has 0 aliphatic heterocycles. The molecule has 1 N–H and O–H groups in total. The summed E-state index contributed by atoms with van der Waals surface area (Å²) in [5.74, 6) is 0.180. The van der Waals surface area contributed by atoms with E-state index in [0.29, 0.717) is 17.1 Å². The van der Waals surface area contributed by atoms with Crippen molar-refractivity contribution in [2.45, 2.75) is 52.4 Å². The fourth-order valence-corrected chi connectivity index (χ4v) is 4.33. The third kappa shape index (κ3) is 6.22. The first-order valence-electron chi connectivity index (χ1n) is 11.3. The van der Waals surface area contributed by atoms with Crippen molar-refractivity contribution in [2.75, 3.05) is 0 Å². The van der Waals surface area contributed by atoms with Crippen LogP contribution in [-0.2, 0) is 22.7 Å². The van der Waals surface area contributed by atoms with E-state index in [0.717, 1.165) is 4.88 Å². The third-order valence-electron chi connectivity index (χ3n) is 5.16. The summed E-state index contributed by atoms with van der Waals surface area (Å²) in [5.41, 5.74) is -0.0577. The van der Waals surface area contributed by atoms with Crippen LogP contribution in [0.4, 0.5) is 4.39 Å². The Morgan fingerprint density at radius 1 is 1.17 bits per heavy atom. The lowest BCUT2D eigenvalue weighted by Gasteiger charge is -2.33. The molecule has 0 fully saturated rings. The van der Waals surface area contributed by atoms with Crippen LogP contribution in [0.25, 0.3) is 11.6 Å². The highest BCUT2D eigenvalue weighted by atomic mass is 32.1. The molecule has 4 rings (SSSR count). The topological polar surface area (TPSA) is 106 Å². The molecule has 0 saturated carbocycles. The lowest BCUT2D eigenvalue weighted by Crippen LogP contribution is -2.49. The van der Waals surface area contributed by atoms with E-state index >= 15 is 0 Å². The molecule has 0 bridgehead atoms. The molecule has 2 amide bonds. The number of thiophene rings is 1. The van der Waals surface area contributed by atoms with Gasteiger partial charge in [0.15, 0.2) is 5.76 Å². The first-order valence-corrected chi connectivity index (χ1v) is 12.2. The van der Waals surface area contributed by atoms with Gasteiger partial charge in [-0.1, -0.05) is 18.2 Å². The first-order chi connectivity index (χ1) is 17.1. The van der Waals surface area contributed by atoms with Crippen molar-refractivity contribution in [3.8, 4) is 11.6 Å². The third-order valence-corrected chi connectivity index (χ3v) is 6.02. The van der Waals surface area contributed by atoms with Crippen molar-refractivity contribution in [1.29, 1.82) is 0 Å². The molecule has 0 saturated heterocycles. The van der Waals surface area contributed by atoms with Gasteiger partial charge in [-0.15, -0.1) is 21.5 Å². The van der Waals surface area contributed by atoms with Crippen LogP contribution in [-0.4, -0.2) is 42.5 Å². The van der Waals surface area contributed by atoms with E-state index in [9.17, 15) is 14.0 Å². The zero-order valence-electron chi connectivity index (χ0n) is 20.4. The molecular formula is C25H27FN6O3S. The Kier molecular flexibility index (Phi) is 7.30. The van der Waals surface area contributed by atoms with Crippen molar-refractivity contribution in [2.24, 2.45) is 0 Å². The fourth-order valence-electron chi connectivity index (χ4n) is 3.63. The van der Waals surface area contributed by atoms with Crippen LogP contribution in [0.5, 0.6) is 0 Å². The van der Waals surface area contributed by atoms with Gasteiger partial charge < -0.3 is 14.6 Å². The average Bonchev–Trinajstić information content (AvgIpc) is 3.56. The molecule has 0 aliphatic carbocycles. The Morgan fingerprint density at radius 2 is 1.92 bits per heavy atom. The summed E-state index contributed by atoms with van der Waals surface area (Å²) in [6, 6.07) is 11.8. The molecule has 11 heteroatoms. The summed E-state index contributed by atoms with van der Waals surface area (Å²) in [6.45, 7) is 7.30. The summed E-state index contributed by atoms with van der Waals surface area (Å²) in [4.78, 5) is 30.7. The highest BCUT2D eigenvalue weighted by molar-refractivity contribution is 7.09. The molecule has 0 unspecified atom stereocenters. The minimum atomic E-state index is -1.00. The van der Waals surface area contributed by atoms with Crippen LogP contribution >= 0.6 is 11.3 Å². The Bertz CT molecular complexity index is 1320. The molecule has 0 aliphatic rings. The van der Waals surface area contributed by atoms with Crippen molar-refractivity contribution in [1.82, 2.24) is 30.4 Å². The number of aryl methyl sites for hydroxylation is 1. The number of hydrogen-bond donors (Lipinski definition) is 1. The molecule has 36 heavy (non-hydrogen) atoms. The standard InChI is InChI=1S/C25H27FN6O3S/c1-16-7-12-20(35-16)23-28-30-32(29-23)15-21(33)31(14-19-6-5-13-36-19)22(24(34)27-25(2,3)4)17-8-10-18(26)11-9-17/h5-13,22H,14-15H2,1-4H3,(H,27,34)/t22-/m0/s1. The Labute approximate surface area is 211 Å². The number of furan rings is 1. The number of rotatable bonds is 8. The van der Waals surface area contributed by atoms with E-state index in [1.807, 2.05) is 38.3 Å². The summed E-state index contributed by atoms with van der Waals surface area (Å²) < 4.78 is 19.2. The molecule has 188 valence electrons. The van der Waals surface area contributed by atoms with Gasteiger partial charge in [0.25, 0.3) is 0 Å². The van der Waals surface area contributed by atoms with Crippen LogP contribution in [0, 0.1) is 12.7 Å². The lowest BCUT2D eigenvalue weighted by atomic mass is 10.0. The molecule has 4 aromatic rings. The summed E-state index contributed by atoms with van der Waals surface area (Å²) in [5, 5.41) is 17.1. The maximum Gasteiger partial charge on any atom is 0.247 e. The normalized spacial score (nSPS) is 12.4. The minimum Gasteiger partial charge on any atom is -0.458 e. The van der Waals surface area contributed by atoms with Crippen molar-refractivity contribution in [3.05, 3.63) is 75.9 Å². The number of hydrogen-bond acceptors (Lipinski definition) is 7. The maximum atomic E-state index is 13.7. The minimum absolute atomic E-state index is 0.176. The number of amides is 2. The molecule has 3 aromatic heterocycles. The first kappa shape index (κ1) is 25.2. The van der Waals surface area contributed by atoms with Gasteiger partial charge in [0.2, 0.25) is 17.6 Å². The van der Waals surface area contributed by atoms with E-state index in [-0.39, 0.29) is 24.8 Å². The van der Waals surface area contributed by atoms with E-state index in [4.69, 9.17) is 4.42 Å². The molecule has 1 atom stereocenters. The van der Waals surface area contributed by atoms with Gasteiger partial charge in [-0.05, 0) is 74.2 Å². The number of aromatic nitrogens is 4. The molecule has 1 aromatic carbocycles. The largest absolute Gasteiger partial charge is 0.458 e. The van der Waals surface area contributed by atoms with E-state index in [1.54, 1.807) is 19.1 Å². The smallest absolute Gasteiger partial charge is 0.247 e. The molecular weight excluding hydrogens is 483 g/mol. The highest BCUT2D eigenvalue weighted by Gasteiger charge is 2.34. The Morgan fingerprint density at radius 3 is 2.53 bits per heavy atom. The number of nitrogens with one attached hydrogen (secondary N) is 1. The summed E-state index contributed by atoms with van der Waals surface area (Å²) in [7, 11) is 0. The summed E-state index contributed by atoms with van der Waals surface area (Å²) in [6.07, 6.45) is 0. The molecule has 0 spiro atoms. The van der Waals surface area contributed by atoms with Crippen molar-refractivity contribution < 1.29 is 18.4 Å². The monoisotopic (exact) mass is 510 g/mol. The zero-order chi connectivity index (χ0) is 25.9. The quantitative estimate of drug-likeness (QED) is 0.382. The maximum absolute atomic E-state index is 13.7. The molecule has 3 heterocycles. The van der Waals surface area contributed by atoms with E-state index in [1.165, 1.54) is 45.3 Å². The molecule has 0 radical (unpaired) electrons. The van der Waals surface area contributed by atoms with Gasteiger partial charge in [-0.3, -0.25) is 9.59 Å². The SMILES string of the molecule is Cc1ccc(-c2nnn(CC(=O)N(Cc3cccs3)[C@H](C(=O)NC(C)(C)C)c3ccc(F)cc3)n2)o1. The van der Waals surface area contributed by atoms with Crippen LogP contribution < -0.4 is 5.32 Å². The number of carbonyl (C=O) groups excluding carboxylic acids is 2. The second-order valence-corrected chi connectivity index (χ2v) is 10.4. The number of benzene rings is 1. The van der Waals surface area contributed by atoms with Gasteiger partial charge in [0.1, 0.15) is 24.2 Å². The van der Waals surface area contributed by atoms with Crippen LogP contribution in [0.15, 0.2) is 58.3 Å². The predicted octanol–water partition coefficient (Wildman–Crippen LogP) is 4.13. The van der Waals surface area contributed by atoms with E-state index < -0.39 is 23.3 Å². The van der Waals surface area contributed by atoms with Gasteiger partial charge >= 0.3 is 0 Å². The molecule has 9 nitrogen and oxygen atoms in total. The number of halogens is 1. The predicted molar refractivity (Wildman–Crippen MR) is 132 cm³/mol. The Hall–Kier alpha value is -3.86. The van der Waals surface area contributed by atoms with Gasteiger partial charge in [-0.2, -0.15) is 4.80 Å². The van der Waals surface area contributed by atoms with Crippen molar-refractivity contribution in [3.63, 3.8) is 0 Å². The number of nitrogens with zero attached hydrogens (tertiary/aromatic N) is 5. The average molecular weight is 511 g/mol. The summed E-state index contributed by atoms with van der Waals surface area (Å²) >= 11 is 1.47. The number of carbonyl (C=O) groups is 2. The van der Waals surface area contributed by atoms with Crippen LogP contribution in [0.3, 0.4) is 0 Å². The number of tetrazole rings is 1. The second-order valence-electron chi connectivity index (χ2n) is 9.35. The van der Waals surface area contributed by atoms with E-state index in [2.05, 4.69) is 20.7 Å². The highest BCUT2D eigenvalue weighted by Crippen LogP contribution is 2.27. The fraction of sp³-hybridized carbons (Fsp3) is 0.320. The van der Waals surface area contributed by atoms with Gasteiger partial charge in [-0.25, -0.2) is 4.39 Å².